The molecule has 0 amide bonds. The van der Waals surface area contributed by atoms with Crippen molar-refractivity contribution in [1.29, 1.82) is 0 Å². The number of aromatic nitrogens is 4. The SMILES string of the molecule is Nc1nc(-c2cc3ccn(CC4CCC[C@H](Nc5cn[nH]c(=O)c5C(F)(F)F)C4)c(=O)c3cc2F)ccc1C(F)F. The molecule has 1 aromatic carbocycles. The van der Waals surface area contributed by atoms with E-state index in [1.807, 2.05) is 0 Å². The number of hydrogen-bond acceptors (Lipinski definition) is 6. The van der Waals surface area contributed by atoms with Crippen molar-refractivity contribution in [3.8, 4) is 11.3 Å². The van der Waals surface area contributed by atoms with E-state index in [0.717, 1.165) is 24.8 Å². The van der Waals surface area contributed by atoms with Gasteiger partial charge in [-0.2, -0.15) is 18.3 Å². The number of nitrogens with zero attached hydrogens (tertiary/aromatic N) is 3. The van der Waals surface area contributed by atoms with Crippen LogP contribution in [0.1, 0.15) is 43.2 Å². The molecule has 1 aliphatic rings. The molecule has 0 bridgehead atoms. The van der Waals surface area contributed by atoms with Crippen molar-refractivity contribution in [2.45, 2.75) is 50.9 Å². The van der Waals surface area contributed by atoms with E-state index >= 15 is 4.39 Å². The molecule has 1 aliphatic carbocycles. The lowest BCUT2D eigenvalue weighted by molar-refractivity contribution is -0.138. The van der Waals surface area contributed by atoms with Crippen LogP contribution in [0.15, 0.2) is 52.3 Å². The van der Waals surface area contributed by atoms with E-state index in [-0.39, 0.29) is 35.1 Å². The van der Waals surface area contributed by atoms with Gasteiger partial charge in [0.15, 0.2) is 0 Å². The predicted molar refractivity (Wildman–Crippen MR) is 140 cm³/mol. The van der Waals surface area contributed by atoms with Crippen LogP contribution in [0, 0.1) is 11.7 Å². The van der Waals surface area contributed by atoms with Crippen molar-refractivity contribution >= 4 is 22.3 Å². The summed E-state index contributed by atoms with van der Waals surface area (Å²) in [5.41, 5.74) is 1.64. The van der Waals surface area contributed by atoms with E-state index in [1.165, 1.54) is 16.7 Å². The van der Waals surface area contributed by atoms with Crippen LogP contribution in [0.5, 0.6) is 0 Å². The van der Waals surface area contributed by atoms with Crippen LogP contribution in [0.25, 0.3) is 22.0 Å². The van der Waals surface area contributed by atoms with E-state index in [9.17, 15) is 31.5 Å². The highest BCUT2D eigenvalue weighted by molar-refractivity contribution is 5.86. The zero-order valence-corrected chi connectivity index (χ0v) is 21.3. The molecule has 3 heterocycles. The van der Waals surface area contributed by atoms with Gasteiger partial charge in [0.2, 0.25) is 0 Å². The van der Waals surface area contributed by atoms with Crippen LogP contribution in [0.2, 0.25) is 0 Å². The molecule has 4 N–H and O–H groups in total. The number of rotatable bonds is 6. The molecular weight excluding hydrogens is 554 g/mol. The van der Waals surface area contributed by atoms with Crippen LogP contribution in [-0.4, -0.2) is 25.8 Å². The van der Waals surface area contributed by atoms with E-state index in [1.54, 1.807) is 17.4 Å². The largest absolute Gasteiger partial charge is 0.423 e. The number of hydrogen-bond donors (Lipinski definition) is 3. The lowest BCUT2D eigenvalue weighted by Crippen LogP contribution is -2.33. The first-order chi connectivity index (χ1) is 19.4. The molecule has 4 aromatic rings. The second kappa shape index (κ2) is 10.9. The van der Waals surface area contributed by atoms with Gasteiger partial charge >= 0.3 is 6.18 Å². The molecule has 0 spiro atoms. The third-order valence-electron chi connectivity index (χ3n) is 7.27. The zero-order chi connectivity index (χ0) is 29.5. The molecule has 0 saturated heterocycles. The van der Waals surface area contributed by atoms with Gasteiger partial charge in [-0.15, -0.1) is 0 Å². The molecule has 2 atom stereocenters. The summed E-state index contributed by atoms with van der Waals surface area (Å²) in [5, 5.41) is 8.60. The fourth-order valence-electron chi connectivity index (χ4n) is 5.34. The Labute approximate surface area is 228 Å². The van der Waals surface area contributed by atoms with Crippen LogP contribution < -0.4 is 22.2 Å². The zero-order valence-electron chi connectivity index (χ0n) is 21.3. The van der Waals surface area contributed by atoms with Crippen molar-refractivity contribution in [2.24, 2.45) is 5.92 Å². The molecular formula is C27H24F6N6O2. The molecule has 3 aromatic heterocycles. The summed E-state index contributed by atoms with van der Waals surface area (Å²) < 4.78 is 82.8. The molecule has 14 heteroatoms. The second-order valence-corrected chi connectivity index (χ2v) is 10.0. The van der Waals surface area contributed by atoms with Gasteiger partial charge in [0.25, 0.3) is 17.5 Å². The fraction of sp³-hybridized carbons (Fsp3) is 0.333. The van der Waals surface area contributed by atoms with Crippen molar-refractivity contribution in [1.82, 2.24) is 19.7 Å². The van der Waals surface area contributed by atoms with Gasteiger partial charge in [-0.3, -0.25) is 9.59 Å². The molecule has 216 valence electrons. The third-order valence-corrected chi connectivity index (χ3v) is 7.27. The summed E-state index contributed by atoms with van der Waals surface area (Å²) in [5.74, 6) is -1.28. The molecule has 8 nitrogen and oxygen atoms in total. The van der Waals surface area contributed by atoms with Crippen LogP contribution in [0.4, 0.5) is 37.8 Å². The maximum Gasteiger partial charge on any atom is 0.423 e. The Morgan fingerprint density at radius 1 is 1.15 bits per heavy atom. The number of anilines is 2. The summed E-state index contributed by atoms with van der Waals surface area (Å²) >= 11 is 0. The van der Waals surface area contributed by atoms with E-state index in [0.29, 0.717) is 24.6 Å². The molecule has 0 radical (unpaired) electrons. The average molecular weight is 579 g/mol. The van der Waals surface area contributed by atoms with Gasteiger partial charge in [0.1, 0.15) is 17.2 Å². The van der Waals surface area contributed by atoms with Crippen molar-refractivity contribution in [2.75, 3.05) is 11.1 Å². The molecule has 41 heavy (non-hydrogen) atoms. The Balaban J connectivity index is 1.36. The summed E-state index contributed by atoms with van der Waals surface area (Å²) in [6, 6.07) is 6.00. The van der Waals surface area contributed by atoms with E-state index in [2.05, 4.69) is 15.4 Å². The maximum absolute atomic E-state index is 15.1. The number of pyridine rings is 2. The van der Waals surface area contributed by atoms with Crippen LogP contribution in [-0.2, 0) is 12.7 Å². The fourth-order valence-corrected chi connectivity index (χ4v) is 5.34. The first-order valence-electron chi connectivity index (χ1n) is 12.7. The Morgan fingerprint density at radius 2 is 1.93 bits per heavy atom. The molecule has 1 unspecified atom stereocenters. The quantitative estimate of drug-likeness (QED) is 0.260. The molecule has 1 fully saturated rings. The molecule has 5 rings (SSSR count). The van der Waals surface area contributed by atoms with E-state index < -0.39 is 52.2 Å². The van der Waals surface area contributed by atoms with Crippen LogP contribution in [0.3, 0.4) is 0 Å². The number of nitrogens with one attached hydrogen (secondary N) is 2. The van der Waals surface area contributed by atoms with Crippen LogP contribution >= 0.6 is 0 Å². The summed E-state index contributed by atoms with van der Waals surface area (Å²) in [6.07, 6.45) is -2.81. The van der Waals surface area contributed by atoms with Gasteiger partial charge < -0.3 is 15.6 Å². The average Bonchev–Trinajstić information content (AvgIpc) is 2.89. The predicted octanol–water partition coefficient (Wildman–Crippen LogP) is 5.50. The smallest absolute Gasteiger partial charge is 0.383 e. The number of halogens is 6. The normalized spacial score (nSPS) is 17.7. The number of fused-ring (bicyclic) bond motifs is 1. The molecule has 1 saturated carbocycles. The highest BCUT2D eigenvalue weighted by Crippen LogP contribution is 2.34. The monoisotopic (exact) mass is 578 g/mol. The Hall–Kier alpha value is -4.36. The summed E-state index contributed by atoms with van der Waals surface area (Å²) in [7, 11) is 0. The first kappa shape index (κ1) is 28.2. The van der Waals surface area contributed by atoms with Crippen molar-refractivity contribution < 1.29 is 26.3 Å². The Kier molecular flexibility index (Phi) is 7.49. The first-order valence-corrected chi connectivity index (χ1v) is 12.7. The Morgan fingerprint density at radius 3 is 2.63 bits per heavy atom. The van der Waals surface area contributed by atoms with Gasteiger partial charge in [0.05, 0.1) is 28.5 Å². The summed E-state index contributed by atoms with van der Waals surface area (Å²) in [4.78, 5) is 28.9. The highest BCUT2D eigenvalue weighted by atomic mass is 19.4. The van der Waals surface area contributed by atoms with Gasteiger partial charge in [0, 0.05) is 24.3 Å². The number of aromatic amines is 1. The number of nitrogen functional groups attached to an aromatic ring is 1. The number of nitrogens with two attached hydrogens (primary N) is 1. The van der Waals surface area contributed by atoms with Gasteiger partial charge in [-0.1, -0.05) is 6.42 Å². The lowest BCUT2D eigenvalue weighted by atomic mass is 9.85. The number of alkyl halides is 5. The Bertz CT molecular complexity index is 1720. The minimum Gasteiger partial charge on any atom is -0.383 e. The van der Waals surface area contributed by atoms with Crippen molar-refractivity contribution in [3.05, 3.63) is 80.4 Å². The van der Waals surface area contributed by atoms with Gasteiger partial charge in [-0.25, -0.2) is 23.3 Å². The van der Waals surface area contributed by atoms with Gasteiger partial charge in [-0.05, 0) is 60.9 Å². The number of H-pyrrole nitrogens is 1. The summed E-state index contributed by atoms with van der Waals surface area (Å²) in [6.45, 7) is 0.253. The topological polar surface area (TPSA) is 119 Å². The number of benzene rings is 1. The second-order valence-electron chi connectivity index (χ2n) is 10.0. The lowest BCUT2D eigenvalue weighted by Gasteiger charge is -2.31. The minimum absolute atomic E-state index is 0.00386. The minimum atomic E-state index is -4.86. The van der Waals surface area contributed by atoms with Crippen molar-refractivity contribution in [3.63, 3.8) is 0 Å². The standard InChI is InChI=1S/C27H24F6N6O2/c28-19-10-17-14(9-18(19)20-5-4-16(23(29)30)24(34)37-20)6-7-39(26(17)41)12-13-2-1-3-15(8-13)36-21-11-35-38-25(40)22(21)27(31,32)33/h4-7,9-11,13,15,23H,1-3,8,12H2,(H2,34,37)(H2,36,38,40)/t13?,15-/m0/s1. The molecule has 0 aliphatic heterocycles. The highest BCUT2D eigenvalue weighted by Gasteiger charge is 2.38. The van der Waals surface area contributed by atoms with E-state index in [4.69, 9.17) is 5.73 Å². The maximum atomic E-state index is 15.1. The third kappa shape index (κ3) is 5.77.